The van der Waals surface area contributed by atoms with Gasteiger partial charge < -0.3 is 19.9 Å². The molecule has 150 valence electrons. The number of sulfonamides is 1. The van der Waals surface area contributed by atoms with Gasteiger partial charge in [-0.3, -0.25) is 0 Å². The Hall–Kier alpha value is -2.83. The molecule has 1 aromatic heterocycles. The van der Waals surface area contributed by atoms with Gasteiger partial charge in [0.2, 0.25) is 5.22 Å². The Kier molecular flexibility index (Phi) is 6.83. The Bertz CT molecular complexity index is 995. The molecule has 0 bridgehead atoms. The van der Waals surface area contributed by atoms with Gasteiger partial charge in [-0.15, -0.1) is 9.29 Å². The third-order valence-electron chi connectivity index (χ3n) is 2.99. The van der Waals surface area contributed by atoms with E-state index in [1.807, 2.05) is 0 Å². The van der Waals surface area contributed by atoms with Crippen LogP contribution in [0.5, 0.6) is 17.8 Å². The van der Waals surface area contributed by atoms with E-state index in [1.165, 1.54) is 32.4 Å². The number of methoxy groups -OCH3 is 2. The van der Waals surface area contributed by atoms with Crippen molar-refractivity contribution < 1.29 is 27.4 Å². The highest BCUT2D eigenvalue weighted by Crippen LogP contribution is 2.31. The topological polar surface area (TPSA) is 147 Å². The van der Waals surface area contributed by atoms with E-state index >= 15 is 0 Å². The Morgan fingerprint density at radius 2 is 1.71 bits per heavy atom. The molecule has 2 N–H and O–H groups in total. The zero-order valence-electron chi connectivity index (χ0n) is 14.4. The third kappa shape index (κ3) is 4.52. The van der Waals surface area contributed by atoms with Gasteiger partial charge in [0.25, 0.3) is 16.0 Å². The summed E-state index contributed by atoms with van der Waals surface area (Å²) in [4.78, 5) is 22.8. The molecule has 11 nitrogen and oxygen atoms in total. The smallest absolute Gasteiger partial charge is 0.336 e. The van der Waals surface area contributed by atoms with Crippen LogP contribution < -0.4 is 24.2 Å². The maximum absolute atomic E-state index is 13.1. The SMILES string of the molecule is COc1nc(OC)nc(N(C(N)=O)S(=O)(=O)c2ccccc2OC(Cl)=CCl)n1. The zero-order valence-corrected chi connectivity index (χ0v) is 16.7. The number of benzene rings is 1. The molecule has 0 aliphatic heterocycles. The summed E-state index contributed by atoms with van der Waals surface area (Å²) < 4.78 is 41.3. The number of para-hydroxylation sites is 1. The molecule has 0 atom stereocenters. The van der Waals surface area contributed by atoms with Crippen LogP contribution in [-0.2, 0) is 10.0 Å². The van der Waals surface area contributed by atoms with Gasteiger partial charge in [0.1, 0.15) is 10.6 Å². The number of nitrogens with two attached hydrogens (primary N) is 1. The number of nitrogens with zero attached hydrogens (tertiary/aromatic N) is 4. The fraction of sp³-hybridized carbons (Fsp3) is 0.143. The number of hydrogen-bond donors (Lipinski definition) is 1. The molecular formula is C14H13Cl2N5O6S. The van der Waals surface area contributed by atoms with E-state index in [4.69, 9.17) is 43.1 Å². The summed E-state index contributed by atoms with van der Waals surface area (Å²) in [5, 5.41) is -0.307. The molecule has 1 aromatic carbocycles. The summed E-state index contributed by atoms with van der Waals surface area (Å²) in [6, 6.07) is 3.33. The Labute approximate surface area is 169 Å². The number of ether oxygens (including phenoxy) is 3. The van der Waals surface area contributed by atoms with Crippen LogP contribution in [0.15, 0.2) is 39.9 Å². The second kappa shape index (κ2) is 8.91. The normalized spacial score (nSPS) is 11.6. The van der Waals surface area contributed by atoms with E-state index in [-0.39, 0.29) is 27.3 Å². The minimum absolute atomic E-state index is 0.139. The Morgan fingerprint density at radius 1 is 1.14 bits per heavy atom. The highest BCUT2D eigenvalue weighted by atomic mass is 35.5. The minimum atomic E-state index is -4.65. The van der Waals surface area contributed by atoms with E-state index in [9.17, 15) is 13.2 Å². The predicted octanol–water partition coefficient (Wildman–Crippen LogP) is 1.82. The molecule has 0 spiro atoms. The van der Waals surface area contributed by atoms with Crippen molar-refractivity contribution in [2.24, 2.45) is 5.73 Å². The van der Waals surface area contributed by atoms with Crippen molar-refractivity contribution in [1.29, 1.82) is 0 Å². The number of hydrogen-bond acceptors (Lipinski definition) is 9. The lowest BCUT2D eigenvalue weighted by Gasteiger charge is -2.20. The van der Waals surface area contributed by atoms with E-state index in [0.717, 1.165) is 11.6 Å². The molecule has 0 saturated carbocycles. The van der Waals surface area contributed by atoms with Crippen LogP contribution in [0.3, 0.4) is 0 Å². The first kappa shape index (κ1) is 21.5. The predicted molar refractivity (Wildman–Crippen MR) is 99.0 cm³/mol. The zero-order chi connectivity index (χ0) is 20.9. The fourth-order valence-corrected chi connectivity index (χ4v) is 3.37. The van der Waals surface area contributed by atoms with Crippen LogP contribution in [0.4, 0.5) is 10.7 Å². The molecule has 0 radical (unpaired) electrons. The van der Waals surface area contributed by atoms with Gasteiger partial charge in [0.15, 0.2) is 0 Å². The summed E-state index contributed by atoms with van der Waals surface area (Å²) in [6.07, 6.45) is 0. The van der Waals surface area contributed by atoms with Gasteiger partial charge in [-0.05, 0) is 23.7 Å². The molecule has 14 heteroatoms. The summed E-state index contributed by atoms with van der Waals surface area (Å²) in [7, 11) is -2.19. The van der Waals surface area contributed by atoms with Crippen LogP contribution in [0, 0.1) is 0 Å². The third-order valence-corrected chi connectivity index (χ3v) is 5.20. The number of aromatic nitrogens is 3. The van der Waals surface area contributed by atoms with E-state index in [0.29, 0.717) is 0 Å². The average molecular weight is 450 g/mol. The second-order valence-electron chi connectivity index (χ2n) is 4.68. The maximum atomic E-state index is 13.1. The lowest BCUT2D eigenvalue weighted by Crippen LogP contribution is -2.42. The van der Waals surface area contributed by atoms with E-state index in [1.54, 1.807) is 0 Å². The lowest BCUT2D eigenvalue weighted by atomic mass is 10.3. The first-order valence-corrected chi connectivity index (χ1v) is 9.41. The largest absolute Gasteiger partial charge is 0.467 e. The number of carbonyl (C=O) groups excluding carboxylic acids is 1. The van der Waals surface area contributed by atoms with Crippen molar-refractivity contribution in [3.05, 3.63) is 35.0 Å². The number of urea groups is 1. The standard InChI is InChI=1S/C14H13Cl2N5O6S/c1-25-13-18-12(19-14(20-13)26-2)21(11(17)22)28(23,24)9-6-4-3-5-8(9)27-10(16)7-15/h3-7H,1-2H3,(H2,17,22). The van der Waals surface area contributed by atoms with Crippen molar-refractivity contribution in [1.82, 2.24) is 15.0 Å². The first-order chi connectivity index (χ1) is 13.2. The number of carbonyl (C=O) groups is 1. The van der Waals surface area contributed by atoms with Crippen LogP contribution >= 0.6 is 23.2 Å². The molecule has 1 heterocycles. The Balaban J connectivity index is 2.66. The number of halogens is 2. The highest BCUT2D eigenvalue weighted by Gasteiger charge is 2.35. The highest BCUT2D eigenvalue weighted by molar-refractivity contribution is 7.93. The van der Waals surface area contributed by atoms with Gasteiger partial charge in [-0.25, -0.2) is 13.2 Å². The summed E-state index contributed by atoms with van der Waals surface area (Å²) >= 11 is 11.1. The fourth-order valence-electron chi connectivity index (χ4n) is 1.90. The minimum Gasteiger partial charge on any atom is -0.467 e. The molecule has 2 rings (SSSR count). The molecule has 28 heavy (non-hydrogen) atoms. The van der Waals surface area contributed by atoms with Crippen LogP contribution in [0.25, 0.3) is 0 Å². The summed E-state index contributed by atoms with van der Waals surface area (Å²) in [6.45, 7) is 0. The van der Waals surface area contributed by atoms with E-state index < -0.39 is 26.9 Å². The molecule has 0 saturated heterocycles. The molecule has 0 unspecified atom stereocenters. The van der Waals surface area contributed by atoms with E-state index in [2.05, 4.69) is 15.0 Å². The monoisotopic (exact) mass is 449 g/mol. The number of amides is 2. The van der Waals surface area contributed by atoms with Crippen molar-refractivity contribution in [3.63, 3.8) is 0 Å². The molecule has 2 amide bonds. The average Bonchev–Trinajstić information content (AvgIpc) is 2.67. The summed E-state index contributed by atoms with van der Waals surface area (Å²) in [5.41, 5.74) is 6.17. The summed E-state index contributed by atoms with van der Waals surface area (Å²) in [5.74, 6) is -0.867. The second-order valence-corrected chi connectivity index (χ2v) is 7.02. The number of anilines is 1. The molecule has 0 aliphatic rings. The van der Waals surface area contributed by atoms with Gasteiger partial charge in [0.05, 0.1) is 19.8 Å². The quantitative estimate of drug-likeness (QED) is 0.624. The number of primary amides is 1. The van der Waals surface area contributed by atoms with Crippen molar-refractivity contribution in [2.75, 3.05) is 18.5 Å². The van der Waals surface area contributed by atoms with Crippen LogP contribution in [-0.4, -0.2) is 43.6 Å². The molecular weight excluding hydrogens is 437 g/mol. The van der Waals surface area contributed by atoms with Gasteiger partial charge in [-0.2, -0.15) is 9.97 Å². The molecule has 2 aromatic rings. The van der Waals surface area contributed by atoms with Crippen molar-refractivity contribution >= 4 is 45.2 Å². The number of rotatable bonds is 7. The molecule has 0 aliphatic carbocycles. The van der Waals surface area contributed by atoms with Crippen molar-refractivity contribution in [2.45, 2.75) is 4.90 Å². The van der Waals surface area contributed by atoms with Gasteiger partial charge in [-0.1, -0.05) is 23.7 Å². The van der Waals surface area contributed by atoms with Crippen LogP contribution in [0.1, 0.15) is 0 Å². The maximum Gasteiger partial charge on any atom is 0.336 e. The molecule has 0 fully saturated rings. The van der Waals surface area contributed by atoms with Crippen LogP contribution in [0.2, 0.25) is 0 Å². The Morgan fingerprint density at radius 3 is 2.21 bits per heavy atom. The van der Waals surface area contributed by atoms with Gasteiger partial charge in [0, 0.05) is 0 Å². The van der Waals surface area contributed by atoms with Gasteiger partial charge >= 0.3 is 18.1 Å². The van der Waals surface area contributed by atoms with Crippen molar-refractivity contribution in [3.8, 4) is 17.8 Å². The first-order valence-electron chi connectivity index (χ1n) is 7.16. The lowest BCUT2D eigenvalue weighted by molar-refractivity contribution is 0.256.